The number of aromatic nitrogens is 2. The third-order valence-electron chi connectivity index (χ3n) is 5.12. The number of imidazole rings is 1. The second kappa shape index (κ2) is 7.03. The van der Waals surface area contributed by atoms with E-state index < -0.39 is 10.0 Å². The van der Waals surface area contributed by atoms with Gasteiger partial charge in [0.1, 0.15) is 5.84 Å². The highest BCUT2D eigenvalue weighted by molar-refractivity contribution is 7.89. The lowest BCUT2D eigenvalue weighted by molar-refractivity contribution is 0.514. The van der Waals surface area contributed by atoms with Crippen LogP contribution in [-0.2, 0) is 10.0 Å². The topological polar surface area (TPSA) is 79.6 Å². The van der Waals surface area contributed by atoms with Crippen LogP contribution >= 0.6 is 0 Å². The van der Waals surface area contributed by atoms with E-state index in [0.717, 1.165) is 28.9 Å². The van der Waals surface area contributed by atoms with E-state index in [1.807, 2.05) is 36.8 Å². The van der Waals surface area contributed by atoms with Crippen molar-refractivity contribution >= 4 is 32.3 Å². The van der Waals surface area contributed by atoms with Gasteiger partial charge in [-0.15, -0.1) is 0 Å². The van der Waals surface area contributed by atoms with Gasteiger partial charge in [0, 0.05) is 61.1 Å². The molecule has 0 saturated carbocycles. The summed E-state index contributed by atoms with van der Waals surface area (Å²) in [5.74, 6) is 0.790. The van der Waals surface area contributed by atoms with Crippen LogP contribution in [0, 0.1) is 0 Å². The zero-order valence-corrected chi connectivity index (χ0v) is 16.9. The molecule has 0 spiro atoms. The number of rotatable bonds is 6. The van der Waals surface area contributed by atoms with E-state index in [-0.39, 0.29) is 0 Å². The second-order valence-electron chi connectivity index (χ2n) is 7.13. The third kappa shape index (κ3) is 3.08. The van der Waals surface area contributed by atoms with E-state index in [2.05, 4.69) is 21.8 Å². The maximum atomic E-state index is 12.7. The molecular weight excluding hydrogens is 374 g/mol. The molecule has 1 aromatic heterocycles. The van der Waals surface area contributed by atoms with Crippen LogP contribution in [0.25, 0.3) is 10.8 Å². The number of nitrogens with zero attached hydrogens (tertiary/aromatic N) is 4. The molecule has 1 atom stereocenters. The Morgan fingerprint density at radius 1 is 1.25 bits per heavy atom. The Bertz CT molecular complexity index is 1150. The lowest BCUT2D eigenvalue weighted by Gasteiger charge is -2.14. The molecule has 1 N–H and O–H groups in total. The van der Waals surface area contributed by atoms with Crippen LogP contribution in [-0.4, -0.2) is 48.7 Å². The summed E-state index contributed by atoms with van der Waals surface area (Å²) in [6.45, 7) is 2.80. The van der Waals surface area contributed by atoms with Crippen LogP contribution < -0.4 is 5.32 Å². The first-order valence-corrected chi connectivity index (χ1v) is 10.6. The van der Waals surface area contributed by atoms with Crippen molar-refractivity contribution < 1.29 is 8.42 Å². The summed E-state index contributed by atoms with van der Waals surface area (Å²) in [5, 5.41) is 4.97. The van der Waals surface area contributed by atoms with Crippen LogP contribution in [0.4, 0.5) is 5.69 Å². The second-order valence-corrected chi connectivity index (χ2v) is 9.25. The molecule has 4 rings (SSSR count). The van der Waals surface area contributed by atoms with Gasteiger partial charge in [-0.1, -0.05) is 18.2 Å². The maximum absolute atomic E-state index is 12.7. The fourth-order valence-corrected chi connectivity index (χ4v) is 4.55. The first-order chi connectivity index (χ1) is 13.4. The summed E-state index contributed by atoms with van der Waals surface area (Å²) in [7, 11) is -0.429. The smallest absolute Gasteiger partial charge is 0.243 e. The standard InChI is InChI=1S/C20H23N5O2S/c1-14(25-12-11-21-13-25)9-10-22-20-16-6-4-5-15-18(28(26,27)24(2)3)8-7-17(23-20)19(15)16/h4-8,11-14H,9-10H2,1-3H3,(H,22,23). The molecule has 1 unspecified atom stereocenters. The molecule has 1 aliphatic rings. The van der Waals surface area contributed by atoms with Gasteiger partial charge in [-0.05, 0) is 25.5 Å². The van der Waals surface area contributed by atoms with Crippen molar-refractivity contribution in [3.05, 3.63) is 54.6 Å². The van der Waals surface area contributed by atoms with Crippen molar-refractivity contribution in [1.82, 2.24) is 13.9 Å². The van der Waals surface area contributed by atoms with Crippen molar-refractivity contribution in [2.45, 2.75) is 24.3 Å². The Balaban J connectivity index is 1.66. The molecule has 0 saturated heterocycles. The molecule has 2 aromatic carbocycles. The Morgan fingerprint density at radius 3 is 2.79 bits per heavy atom. The number of hydrogen-bond acceptors (Lipinski definition) is 4. The molecule has 1 aliphatic heterocycles. The van der Waals surface area contributed by atoms with Gasteiger partial charge >= 0.3 is 0 Å². The minimum Gasteiger partial charge on any atom is -0.339 e. The van der Waals surface area contributed by atoms with Gasteiger partial charge in [0.25, 0.3) is 0 Å². The van der Waals surface area contributed by atoms with Crippen LogP contribution in [0.2, 0.25) is 0 Å². The average Bonchev–Trinajstić information content (AvgIpc) is 3.32. The third-order valence-corrected chi connectivity index (χ3v) is 6.99. The van der Waals surface area contributed by atoms with Gasteiger partial charge in [0.2, 0.25) is 10.0 Å². The molecule has 0 fully saturated rings. The Kier molecular flexibility index (Phi) is 4.68. The summed E-state index contributed by atoms with van der Waals surface area (Å²) < 4.78 is 28.7. The highest BCUT2D eigenvalue weighted by atomic mass is 32.2. The maximum Gasteiger partial charge on any atom is 0.243 e. The number of sulfonamides is 1. The summed E-state index contributed by atoms with van der Waals surface area (Å²) in [5.41, 5.74) is 1.84. The lowest BCUT2D eigenvalue weighted by Crippen LogP contribution is -2.22. The van der Waals surface area contributed by atoms with Crippen LogP contribution in [0.1, 0.15) is 24.9 Å². The first kappa shape index (κ1) is 18.6. The predicted octanol–water partition coefficient (Wildman–Crippen LogP) is 3.11. The van der Waals surface area contributed by atoms with Crippen molar-refractivity contribution in [3.8, 4) is 0 Å². The summed E-state index contributed by atoms with van der Waals surface area (Å²) in [4.78, 5) is 9.15. The van der Waals surface area contributed by atoms with Crippen molar-refractivity contribution in [1.29, 1.82) is 0 Å². The molecule has 0 radical (unpaired) electrons. The van der Waals surface area contributed by atoms with E-state index in [4.69, 9.17) is 4.99 Å². The van der Waals surface area contributed by atoms with Gasteiger partial charge < -0.3 is 9.88 Å². The largest absolute Gasteiger partial charge is 0.339 e. The normalized spacial score (nSPS) is 16.1. The number of nitrogens with one attached hydrogen (secondary N) is 1. The molecule has 7 nitrogen and oxygen atoms in total. The molecule has 0 amide bonds. The number of hydrogen-bond donors (Lipinski definition) is 1. The van der Waals surface area contributed by atoms with Crippen molar-refractivity contribution in [2.75, 3.05) is 26.0 Å². The number of amidine groups is 1. The molecule has 8 heteroatoms. The van der Waals surface area contributed by atoms with Crippen LogP contribution in [0.15, 0.2) is 58.9 Å². The van der Waals surface area contributed by atoms with Gasteiger partial charge in [-0.2, -0.15) is 0 Å². The Hall–Kier alpha value is -2.71. The zero-order valence-electron chi connectivity index (χ0n) is 16.1. The van der Waals surface area contributed by atoms with Crippen LogP contribution in [0.5, 0.6) is 0 Å². The molecule has 28 heavy (non-hydrogen) atoms. The minimum atomic E-state index is -3.52. The van der Waals surface area contributed by atoms with Gasteiger partial charge in [-0.3, -0.25) is 4.99 Å². The zero-order chi connectivity index (χ0) is 19.9. The Morgan fingerprint density at radius 2 is 2.07 bits per heavy atom. The molecule has 2 heterocycles. The number of anilines is 1. The molecule has 0 bridgehead atoms. The first-order valence-electron chi connectivity index (χ1n) is 9.17. The van der Waals surface area contributed by atoms with E-state index in [1.54, 1.807) is 26.4 Å². The summed E-state index contributed by atoms with van der Waals surface area (Å²) >= 11 is 0. The van der Waals surface area contributed by atoms with E-state index in [1.165, 1.54) is 4.31 Å². The summed E-state index contributed by atoms with van der Waals surface area (Å²) in [6.07, 6.45) is 6.43. The summed E-state index contributed by atoms with van der Waals surface area (Å²) in [6, 6.07) is 9.50. The minimum absolute atomic E-state index is 0.309. The van der Waals surface area contributed by atoms with Crippen molar-refractivity contribution in [3.63, 3.8) is 0 Å². The lowest BCUT2D eigenvalue weighted by atomic mass is 10.1. The molecule has 146 valence electrons. The van der Waals surface area contributed by atoms with Crippen molar-refractivity contribution in [2.24, 2.45) is 4.99 Å². The van der Waals surface area contributed by atoms with E-state index in [9.17, 15) is 8.42 Å². The molecule has 3 aromatic rings. The number of benzene rings is 2. The monoisotopic (exact) mass is 397 g/mol. The van der Waals surface area contributed by atoms with Gasteiger partial charge in [-0.25, -0.2) is 17.7 Å². The SMILES string of the molecule is CC(CCN=C1Nc2ccc(S(=O)(=O)N(C)C)c3cccc1c23)n1ccnc1. The predicted molar refractivity (Wildman–Crippen MR) is 111 cm³/mol. The molecule has 0 aliphatic carbocycles. The van der Waals surface area contributed by atoms with Gasteiger partial charge in [0.15, 0.2) is 0 Å². The highest BCUT2D eigenvalue weighted by Gasteiger charge is 2.26. The fourth-order valence-electron chi connectivity index (χ4n) is 3.47. The molecular formula is C20H23N5O2S. The average molecular weight is 398 g/mol. The quantitative estimate of drug-likeness (QED) is 0.693. The highest BCUT2D eigenvalue weighted by Crippen LogP contribution is 2.37. The van der Waals surface area contributed by atoms with E-state index >= 15 is 0 Å². The fraction of sp³-hybridized carbons (Fsp3) is 0.300. The van der Waals surface area contributed by atoms with Gasteiger partial charge in [0.05, 0.1) is 11.2 Å². The van der Waals surface area contributed by atoms with E-state index in [0.29, 0.717) is 22.9 Å². The Labute approximate surface area is 164 Å². The van der Waals surface area contributed by atoms with Crippen LogP contribution in [0.3, 0.4) is 0 Å². The number of aliphatic imine (C=N–C) groups is 1.